The van der Waals surface area contributed by atoms with Gasteiger partial charge in [0.2, 0.25) is 0 Å². The molecule has 0 aliphatic carbocycles. The number of hydrogen-bond acceptors (Lipinski definition) is 1. The van der Waals surface area contributed by atoms with Crippen LogP contribution in [-0.4, -0.2) is 6.29 Å². The Kier molecular flexibility index (Phi) is 4.04. The van der Waals surface area contributed by atoms with Crippen LogP contribution in [0.4, 0.5) is 0 Å². The van der Waals surface area contributed by atoms with Crippen molar-refractivity contribution in [2.24, 2.45) is 0 Å². The van der Waals surface area contributed by atoms with Gasteiger partial charge >= 0.3 is 0 Å². The predicted molar refractivity (Wildman–Crippen MR) is 55.9 cm³/mol. The highest BCUT2D eigenvalue weighted by atomic mass is 35.5. The molecular weight excluding hydrogens is 230 g/mol. The normalized spacial score (nSPS) is 10.1. The Labute approximate surface area is 91.6 Å². The Hall–Kier alpha value is -0.240. The zero-order chi connectivity index (χ0) is 9.84. The molecule has 0 aliphatic rings. The van der Waals surface area contributed by atoms with Crippen LogP contribution in [0.2, 0.25) is 15.1 Å². The zero-order valence-corrected chi connectivity index (χ0v) is 8.96. The Bertz CT molecular complexity index is 323. The third-order valence-electron chi connectivity index (χ3n) is 1.65. The first-order valence-electron chi connectivity index (χ1n) is 3.73. The van der Waals surface area contributed by atoms with E-state index >= 15 is 0 Å². The molecule has 1 aromatic rings. The number of rotatable bonds is 3. The lowest BCUT2D eigenvalue weighted by Gasteiger charge is -2.04. The molecule has 0 atom stereocenters. The van der Waals surface area contributed by atoms with E-state index < -0.39 is 0 Å². The number of carbonyl (C=O) groups is 1. The Morgan fingerprint density at radius 1 is 1.15 bits per heavy atom. The Balaban J connectivity index is 2.96. The third kappa shape index (κ3) is 2.60. The molecule has 0 amide bonds. The van der Waals surface area contributed by atoms with Crippen LogP contribution in [0.1, 0.15) is 12.0 Å². The predicted octanol–water partition coefficient (Wildman–Crippen LogP) is 3.78. The van der Waals surface area contributed by atoms with Gasteiger partial charge in [-0.05, 0) is 18.1 Å². The van der Waals surface area contributed by atoms with Crippen LogP contribution in [-0.2, 0) is 11.2 Å². The fraction of sp³-hybridized carbons (Fsp3) is 0.222. The summed E-state index contributed by atoms with van der Waals surface area (Å²) >= 11 is 17.4. The minimum atomic E-state index is 0.353. The lowest BCUT2D eigenvalue weighted by atomic mass is 10.1. The summed E-state index contributed by atoms with van der Waals surface area (Å²) in [5, 5.41) is 1.23. The molecule has 0 bridgehead atoms. The van der Waals surface area contributed by atoms with Crippen molar-refractivity contribution in [3.8, 4) is 0 Å². The summed E-state index contributed by atoms with van der Waals surface area (Å²) in [5.74, 6) is 0. The molecule has 0 saturated carbocycles. The fourth-order valence-electron chi connectivity index (χ4n) is 0.973. The number of hydrogen-bond donors (Lipinski definition) is 0. The minimum absolute atomic E-state index is 0.353. The molecule has 0 radical (unpaired) electrons. The molecule has 1 nitrogen and oxygen atoms in total. The summed E-state index contributed by atoms with van der Waals surface area (Å²) in [4.78, 5) is 10.1. The molecule has 4 heteroatoms. The van der Waals surface area contributed by atoms with Crippen molar-refractivity contribution in [1.82, 2.24) is 0 Å². The van der Waals surface area contributed by atoms with Crippen LogP contribution in [0.5, 0.6) is 0 Å². The maximum atomic E-state index is 10.1. The molecule has 0 fully saturated rings. The van der Waals surface area contributed by atoms with E-state index in [9.17, 15) is 4.79 Å². The van der Waals surface area contributed by atoms with Crippen LogP contribution < -0.4 is 0 Å². The minimum Gasteiger partial charge on any atom is -0.303 e. The number of benzene rings is 1. The topological polar surface area (TPSA) is 17.1 Å². The van der Waals surface area contributed by atoms with E-state index in [-0.39, 0.29) is 0 Å². The second kappa shape index (κ2) is 4.85. The summed E-state index contributed by atoms with van der Waals surface area (Å²) in [5.41, 5.74) is 0.850. The van der Waals surface area contributed by atoms with Crippen LogP contribution in [0.3, 0.4) is 0 Å². The average molecular weight is 238 g/mol. The monoisotopic (exact) mass is 236 g/mol. The number of carbonyl (C=O) groups excluding carboxylic acids is 1. The number of halogens is 3. The SMILES string of the molecule is O=CCCc1ccc(Cl)c(Cl)c1Cl. The molecule has 1 aromatic carbocycles. The van der Waals surface area contributed by atoms with E-state index in [2.05, 4.69) is 0 Å². The highest BCUT2D eigenvalue weighted by Gasteiger charge is 2.07. The summed E-state index contributed by atoms with van der Waals surface area (Å²) < 4.78 is 0. The van der Waals surface area contributed by atoms with Gasteiger partial charge in [-0.1, -0.05) is 40.9 Å². The van der Waals surface area contributed by atoms with Gasteiger partial charge in [0.15, 0.2) is 0 Å². The van der Waals surface area contributed by atoms with Crippen molar-refractivity contribution in [2.75, 3.05) is 0 Å². The molecule has 0 unspecified atom stereocenters. The molecule has 0 aromatic heterocycles. The molecule has 13 heavy (non-hydrogen) atoms. The van der Waals surface area contributed by atoms with E-state index in [0.717, 1.165) is 11.8 Å². The van der Waals surface area contributed by atoms with Gasteiger partial charge in [-0.25, -0.2) is 0 Å². The van der Waals surface area contributed by atoms with E-state index in [0.29, 0.717) is 27.9 Å². The number of aryl methyl sites for hydroxylation is 1. The first-order chi connectivity index (χ1) is 6.16. The summed E-state index contributed by atoms with van der Waals surface area (Å²) in [6.45, 7) is 0. The van der Waals surface area contributed by atoms with Gasteiger partial charge in [-0.15, -0.1) is 0 Å². The van der Waals surface area contributed by atoms with Gasteiger partial charge in [0.05, 0.1) is 15.1 Å². The molecule has 0 spiro atoms. The quantitative estimate of drug-likeness (QED) is 0.578. The van der Waals surface area contributed by atoms with E-state index in [1.165, 1.54) is 0 Å². The molecule has 70 valence electrons. The van der Waals surface area contributed by atoms with E-state index in [1.54, 1.807) is 12.1 Å². The highest BCUT2D eigenvalue weighted by molar-refractivity contribution is 6.48. The first kappa shape index (κ1) is 10.8. The highest BCUT2D eigenvalue weighted by Crippen LogP contribution is 2.32. The zero-order valence-electron chi connectivity index (χ0n) is 6.69. The number of aldehydes is 1. The molecule has 0 aliphatic heterocycles. The van der Waals surface area contributed by atoms with Gasteiger partial charge in [-0.2, -0.15) is 0 Å². The summed E-state index contributed by atoms with van der Waals surface area (Å²) in [6, 6.07) is 3.45. The van der Waals surface area contributed by atoms with Crippen LogP contribution in [0, 0.1) is 0 Å². The smallest absolute Gasteiger partial charge is 0.120 e. The fourth-order valence-corrected chi connectivity index (χ4v) is 1.62. The van der Waals surface area contributed by atoms with E-state index in [4.69, 9.17) is 34.8 Å². The lowest BCUT2D eigenvalue weighted by Crippen LogP contribution is -1.88. The van der Waals surface area contributed by atoms with Gasteiger partial charge in [0.1, 0.15) is 6.29 Å². The van der Waals surface area contributed by atoms with Crippen molar-refractivity contribution >= 4 is 41.1 Å². The van der Waals surface area contributed by atoms with Crippen molar-refractivity contribution in [3.63, 3.8) is 0 Å². The molecular formula is C9H7Cl3O. The van der Waals surface area contributed by atoms with Gasteiger partial charge in [-0.3, -0.25) is 0 Å². The summed E-state index contributed by atoms with van der Waals surface area (Å²) in [6.07, 6.45) is 1.88. The van der Waals surface area contributed by atoms with Crippen LogP contribution in [0.25, 0.3) is 0 Å². The van der Waals surface area contributed by atoms with Gasteiger partial charge in [0, 0.05) is 6.42 Å². The Morgan fingerprint density at radius 3 is 2.46 bits per heavy atom. The maximum Gasteiger partial charge on any atom is 0.120 e. The second-order valence-electron chi connectivity index (χ2n) is 2.54. The van der Waals surface area contributed by atoms with Gasteiger partial charge < -0.3 is 4.79 Å². The second-order valence-corrected chi connectivity index (χ2v) is 3.70. The van der Waals surface area contributed by atoms with Crippen molar-refractivity contribution in [2.45, 2.75) is 12.8 Å². The lowest BCUT2D eigenvalue weighted by molar-refractivity contribution is -0.107. The van der Waals surface area contributed by atoms with Crippen LogP contribution >= 0.6 is 34.8 Å². The van der Waals surface area contributed by atoms with Crippen molar-refractivity contribution in [1.29, 1.82) is 0 Å². The first-order valence-corrected chi connectivity index (χ1v) is 4.86. The summed E-state index contributed by atoms with van der Waals surface area (Å²) in [7, 11) is 0. The average Bonchev–Trinajstić information content (AvgIpc) is 2.13. The van der Waals surface area contributed by atoms with Gasteiger partial charge in [0.25, 0.3) is 0 Å². The standard InChI is InChI=1S/C9H7Cl3O/c10-7-4-3-6(2-1-5-13)8(11)9(7)12/h3-5H,1-2H2. The van der Waals surface area contributed by atoms with Crippen molar-refractivity contribution < 1.29 is 4.79 Å². The Morgan fingerprint density at radius 2 is 1.85 bits per heavy atom. The molecule has 1 rings (SSSR count). The van der Waals surface area contributed by atoms with Crippen molar-refractivity contribution in [3.05, 3.63) is 32.8 Å². The molecule has 0 saturated heterocycles. The largest absolute Gasteiger partial charge is 0.303 e. The van der Waals surface area contributed by atoms with Crippen LogP contribution in [0.15, 0.2) is 12.1 Å². The van der Waals surface area contributed by atoms with E-state index in [1.807, 2.05) is 0 Å². The molecule has 0 N–H and O–H groups in total. The maximum absolute atomic E-state index is 10.1. The molecule has 0 heterocycles. The third-order valence-corrected chi connectivity index (χ3v) is 2.98.